The van der Waals surface area contributed by atoms with Crippen molar-refractivity contribution >= 4 is 10.3 Å². The Hall–Kier alpha value is -0.240. The number of aliphatic hydroxyl groups excluding tert-OH is 1. The molecular weight excluding hydrogens is 297 g/mol. The van der Waals surface area contributed by atoms with Gasteiger partial charge in [0.1, 0.15) is 6.17 Å². The minimum Gasteiger partial charge on any atom is -0.392 e. The van der Waals surface area contributed by atoms with Crippen LogP contribution in [0.15, 0.2) is 0 Å². The van der Waals surface area contributed by atoms with E-state index in [0.717, 1.165) is 6.42 Å². The van der Waals surface area contributed by atoms with E-state index >= 15 is 0 Å². The minimum atomic E-state index is -3.85. The van der Waals surface area contributed by atoms with Crippen LogP contribution in [0, 0.1) is 17.3 Å². The zero-order valence-corrected chi connectivity index (χ0v) is 13.8. The molecule has 1 aliphatic carbocycles. The van der Waals surface area contributed by atoms with E-state index < -0.39 is 23.1 Å². The molecule has 7 heteroatoms. The number of halogens is 1. The molecular formula is C14H26FNO4S. The van der Waals surface area contributed by atoms with Gasteiger partial charge in [0.15, 0.2) is 0 Å². The molecule has 1 heterocycles. The van der Waals surface area contributed by atoms with Gasteiger partial charge in [-0.25, -0.2) is 4.39 Å². The van der Waals surface area contributed by atoms with Crippen molar-refractivity contribution in [2.45, 2.75) is 52.3 Å². The highest BCUT2D eigenvalue weighted by molar-refractivity contribution is 7.84. The highest BCUT2D eigenvalue weighted by Crippen LogP contribution is 2.55. The third kappa shape index (κ3) is 3.41. The van der Waals surface area contributed by atoms with Gasteiger partial charge in [0, 0.05) is 13.1 Å². The van der Waals surface area contributed by atoms with Crippen molar-refractivity contribution in [1.29, 1.82) is 0 Å². The van der Waals surface area contributed by atoms with Gasteiger partial charge in [-0.05, 0) is 43.4 Å². The normalized spacial score (nSPS) is 31.3. The van der Waals surface area contributed by atoms with Crippen molar-refractivity contribution < 1.29 is 22.1 Å². The van der Waals surface area contributed by atoms with Crippen LogP contribution in [0.25, 0.3) is 0 Å². The number of piperidine rings is 1. The van der Waals surface area contributed by atoms with E-state index in [9.17, 15) is 17.9 Å². The molecule has 0 aromatic carbocycles. The van der Waals surface area contributed by atoms with Crippen molar-refractivity contribution in [3.8, 4) is 0 Å². The summed E-state index contributed by atoms with van der Waals surface area (Å²) in [6.45, 7) is 5.70. The van der Waals surface area contributed by atoms with E-state index in [0.29, 0.717) is 37.8 Å². The van der Waals surface area contributed by atoms with Gasteiger partial charge in [-0.3, -0.25) is 4.18 Å². The first-order valence-corrected chi connectivity index (χ1v) is 9.01. The van der Waals surface area contributed by atoms with Crippen LogP contribution in [-0.4, -0.2) is 49.8 Å². The average molecular weight is 323 g/mol. The maximum Gasteiger partial charge on any atom is 0.338 e. The van der Waals surface area contributed by atoms with Crippen molar-refractivity contribution in [2.75, 3.05) is 19.7 Å². The molecule has 1 saturated carbocycles. The number of aliphatic hydroxyl groups is 1. The molecule has 21 heavy (non-hydrogen) atoms. The first kappa shape index (κ1) is 17.1. The van der Waals surface area contributed by atoms with Gasteiger partial charge in [0.25, 0.3) is 0 Å². The SMILES string of the molecule is CC(F)COS(=O)(=O)N1CCC2(CC1)CC(C(C)C)C2O. The first-order valence-electron chi connectivity index (χ1n) is 7.64. The first-order chi connectivity index (χ1) is 9.68. The number of alkyl halides is 1. The largest absolute Gasteiger partial charge is 0.392 e. The van der Waals surface area contributed by atoms with Crippen molar-refractivity contribution in [2.24, 2.45) is 17.3 Å². The topological polar surface area (TPSA) is 66.8 Å². The number of hydrogen-bond donors (Lipinski definition) is 1. The van der Waals surface area contributed by atoms with Crippen LogP contribution in [0.2, 0.25) is 0 Å². The zero-order chi connectivity index (χ0) is 15.8. The molecule has 5 nitrogen and oxygen atoms in total. The van der Waals surface area contributed by atoms with E-state index in [1.165, 1.54) is 11.2 Å². The molecule has 2 fully saturated rings. The fraction of sp³-hybridized carbons (Fsp3) is 1.00. The van der Waals surface area contributed by atoms with Gasteiger partial charge < -0.3 is 5.11 Å². The monoisotopic (exact) mass is 323 g/mol. The molecule has 0 bridgehead atoms. The predicted molar refractivity (Wildman–Crippen MR) is 77.6 cm³/mol. The third-order valence-electron chi connectivity index (χ3n) is 5.01. The Bertz CT molecular complexity index is 458. The molecule has 2 rings (SSSR count). The van der Waals surface area contributed by atoms with Crippen LogP contribution in [0.5, 0.6) is 0 Å². The number of nitrogens with zero attached hydrogens (tertiary/aromatic N) is 1. The summed E-state index contributed by atoms with van der Waals surface area (Å²) in [4.78, 5) is 0. The van der Waals surface area contributed by atoms with E-state index in [1.54, 1.807) is 0 Å². The maximum absolute atomic E-state index is 12.7. The molecule has 1 spiro atoms. The quantitative estimate of drug-likeness (QED) is 0.837. The highest BCUT2D eigenvalue weighted by atomic mass is 32.2. The summed E-state index contributed by atoms with van der Waals surface area (Å²) in [5, 5.41) is 10.4. The lowest BCUT2D eigenvalue weighted by atomic mass is 9.53. The molecule has 124 valence electrons. The van der Waals surface area contributed by atoms with E-state index in [2.05, 4.69) is 13.8 Å². The van der Waals surface area contributed by atoms with Crippen LogP contribution < -0.4 is 0 Å². The lowest BCUT2D eigenvalue weighted by Crippen LogP contribution is -2.59. The third-order valence-corrected chi connectivity index (χ3v) is 6.44. The summed E-state index contributed by atoms with van der Waals surface area (Å²) in [6.07, 6.45) is 0.601. The standard InChI is InChI=1S/C14H26FNO4S/c1-10(2)12-8-14(13(12)17)4-6-16(7-5-14)21(18,19)20-9-11(3)15/h10-13,17H,4-9H2,1-3H3. The molecule has 3 unspecified atom stereocenters. The molecule has 0 radical (unpaired) electrons. The van der Waals surface area contributed by atoms with Gasteiger partial charge in [-0.1, -0.05) is 13.8 Å². The lowest BCUT2D eigenvalue weighted by molar-refractivity contribution is -0.156. The molecule has 2 aliphatic rings. The fourth-order valence-electron chi connectivity index (χ4n) is 3.51. The summed E-state index contributed by atoms with van der Waals surface area (Å²) < 4.78 is 42.5. The molecule has 1 N–H and O–H groups in total. The van der Waals surface area contributed by atoms with Crippen LogP contribution in [0.3, 0.4) is 0 Å². The molecule has 0 aromatic rings. The van der Waals surface area contributed by atoms with E-state index in [1.807, 2.05) is 0 Å². The second-order valence-electron chi connectivity index (χ2n) is 6.84. The summed E-state index contributed by atoms with van der Waals surface area (Å²) in [5.74, 6) is 0.763. The van der Waals surface area contributed by atoms with Crippen molar-refractivity contribution in [3.63, 3.8) is 0 Å². The molecule has 3 atom stereocenters. The smallest absolute Gasteiger partial charge is 0.338 e. The van der Waals surface area contributed by atoms with Gasteiger partial charge in [0.05, 0.1) is 12.7 Å². The average Bonchev–Trinajstić information content (AvgIpc) is 2.42. The Morgan fingerprint density at radius 3 is 2.33 bits per heavy atom. The summed E-state index contributed by atoms with van der Waals surface area (Å²) in [7, 11) is -3.85. The predicted octanol–water partition coefficient (Wildman–Crippen LogP) is 1.72. The Balaban J connectivity index is 1.89. The van der Waals surface area contributed by atoms with Gasteiger partial charge in [-0.15, -0.1) is 0 Å². The molecule has 1 aliphatic heterocycles. The van der Waals surface area contributed by atoms with Crippen molar-refractivity contribution in [3.05, 3.63) is 0 Å². The Kier molecular flexibility index (Phi) is 4.97. The maximum atomic E-state index is 12.7. The summed E-state index contributed by atoms with van der Waals surface area (Å²) in [5.41, 5.74) is -0.131. The van der Waals surface area contributed by atoms with Crippen LogP contribution in [-0.2, 0) is 14.5 Å². The molecule has 0 aromatic heterocycles. The lowest BCUT2D eigenvalue weighted by Gasteiger charge is -2.57. The van der Waals surface area contributed by atoms with E-state index in [4.69, 9.17) is 4.18 Å². The molecule has 1 saturated heterocycles. The van der Waals surface area contributed by atoms with E-state index in [-0.39, 0.29) is 11.5 Å². The number of rotatable bonds is 5. The zero-order valence-electron chi connectivity index (χ0n) is 13.0. The highest BCUT2D eigenvalue weighted by Gasteiger charge is 2.55. The number of hydrogen-bond acceptors (Lipinski definition) is 4. The Morgan fingerprint density at radius 1 is 1.33 bits per heavy atom. The fourth-order valence-corrected chi connectivity index (χ4v) is 4.64. The Labute approximate surface area is 126 Å². The Morgan fingerprint density at radius 2 is 1.90 bits per heavy atom. The second-order valence-corrected chi connectivity index (χ2v) is 8.45. The summed E-state index contributed by atoms with van der Waals surface area (Å²) in [6, 6.07) is 0. The van der Waals surface area contributed by atoms with Crippen LogP contribution >= 0.6 is 0 Å². The van der Waals surface area contributed by atoms with Crippen molar-refractivity contribution in [1.82, 2.24) is 4.31 Å². The second kappa shape index (κ2) is 6.10. The molecule has 0 amide bonds. The minimum absolute atomic E-state index is 0.131. The van der Waals surface area contributed by atoms with Crippen LogP contribution in [0.4, 0.5) is 4.39 Å². The summed E-state index contributed by atoms with van der Waals surface area (Å²) >= 11 is 0. The van der Waals surface area contributed by atoms with Gasteiger partial charge in [-0.2, -0.15) is 12.7 Å². The van der Waals surface area contributed by atoms with Crippen LogP contribution in [0.1, 0.15) is 40.0 Å². The van der Waals surface area contributed by atoms with Gasteiger partial charge >= 0.3 is 10.3 Å². The van der Waals surface area contributed by atoms with Gasteiger partial charge in [0.2, 0.25) is 0 Å².